The Labute approximate surface area is 424 Å². The number of benzene rings is 2. The van der Waals surface area contributed by atoms with E-state index in [1.165, 1.54) is 5.01 Å². The minimum atomic E-state index is -1.05. The summed E-state index contributed by atoms with van der Waals surface area (Å²) < 4.78 is 14.2. The molecule has 15 nitrogen and oxygen atoms in total. The van der Waals surface area contributed by atoms with E-state index < -0.39 is 46.4 Å². The molecule has 4 amide bonds. The van der Waals surface area contributed by atoms with Crippen molar-refractivity contribution >= 4 is 40.5 Å². The van der Waals surface area contributed by atoms with Crippen molar-refractivity contribution in [3.63, 3.8) is 0 Å². The molecule has 0 saturated carbocycles. The zero-order chi connectivity index (χ0) is 51.3. The van der Waals surface area contributed by atoms with Crippen molar-refractivity contribution in [2.24, 2.45) is 23.8 Å². The Hall–Kier alpha value is -6.08. The molecule has 6 bridgehead atoms. The highest BCUT2D eigenvalue weighted by Gasteiger charge is 2.54. The maximum Gasteiger partial charge on any atom is 0.324 e. The third-order valence-electron chi connectivity index (χ3n) is 16.0. The van der Waals surface area contributed by atoms with Crippen LogP contribution in [0, 0.1) is 28.6 Å². The second-order valence-corrected chi connectivity index (χ2v) is 22.5. The molecule has 0 aliphatic carbocycles. The van der Waals surface area contributed by atoms with Gasteiger partial charge in [0, 0.05) is 87.9 Å². The molecule has 15 heteroatoms. The highest BCUT2D eigenvalue weighted by atomic mass is 16.5. The van der Waals surface area contributed by atoms with Crippen molar-refractivity contribution in [1.82, 2.24) is 40.0 Å². The van der Waals surface area contributed by atoms with Crippen molar-refractivity contribution in [1.29, 1.82) is 0 Å². The van der Waals surface area contributed by atoms with E-state index in [4.69, 9.17) is 14.5 Å². The maximum atomic E-state index is 14.9. The van der Waals surface area contributed by atoms with Crippen LogP contribution in [0.15, 0.2) is 60.8 Å². The molecule has 4 fully saturated rings. The van der Waals surface area contributed by atoms with Gasteiger partial charge in [-0.1, -0.05) is 63.9 Å². The number of carbonyl (C=O) groups excluding carboxylic acids is 5. The Morgan fingerprint density at radius 2 is 1.72 bits per heavy atom. The summed E-state index contributed by atoms with van der Waals surface area (Å²) in [5, 5.41) is 5.65. The molecule has 9 rings (SSSR count). The van der Waals surface area contributed by atoms with Crippen molar-refractivity contribution in [3.8, 4) is 34.2 Å². The average Bonchev–Trinajstić information content (AvgIpc) is 4.00. The number of hydrazine groups is 1. The van der Waals surface area contributed by atoms with Crippen LogP contribution in [0.5, 0.6) is 0 Å². The monoisotopic (exact) mass is 981 g/mol. The minimum absolute atomic E-state index is 0.134. The largest absolute Gasteiger partial charge is 0.464 e. The topological polar surface area (TPSA) is 159 Å². The SMILES string of the molecule is CO[C@@H](C)c1ncccc1-c1c2c3cc(ccc3n1C)-c1cccc(c1)C[C@H](NC(=O)[C@H](C(C)C)N1CC[C@]3(CCN(C(=O)C#CC(C)(C)N4CCC4)C3)C1=O)C(=O)N1CCC[C@H](N1)C(=O)OCC(C)(C)C2. The molecule has 4 aromatic rings. The van der Waals surface area contributed by atoms with Gasteiger partial charge in [-0.25, -0.2) is 5.43 Å². The van der Waals surface area contributed by atoms with E-state index in [0.717, 1.165) is 69.6 Å². The van der Waals surface area contributed by atoms with Crippen molar-refractivity contribution in [2.75, 3.05) is 53.0 Å². The summed E-state index contributed by atoms with van der Waals surface area (Å²) in [6, 6.07) is 15.9. The van der Waals surface area contributed by atoms with Crippen LogP contribution in [0.25, 0.3) is 33.3 Å². The fourth-order valence-corrected chi connectivity index (χ4v) is 11.6. The van der Waals surface area contributed by atoms with Gasteiger partial charge in [0.05, 0.1) is 35.1 Å². The third-order valence-corrected chi connectivity index (χ3v) is 16.0. The van der Waals surface area contributed by atoms with E-state index in [-0.39, 0.29) is 49.3 Å². The number of cyclic esters (lactones) is 1. The molecule has 4 saturated heterocycles. The van der Waals surface area contributed by atoms with E-state index >= 15 is 0 Å². The molecule has 2 aromatic carbocycles. The van der Waals surface area contributed by atoms with Gasteiger partial charge in [0.25, 0.3) is 11.8 Å². The Kier molecular flexibility index (Phi) is 14.2. The van der Waals surface area contributed by atoms with Gasteiger partial charge >= 0.3 is 5.97 Å². The number of rotatable bonds is 8. The van der Waals surface area contributed by atoms with Gasteiger partial charge < -0.3 is 29.2 Å². The van der Waals surface area contributed by atoms with Gasteiger partial charge in [0.1, 0.15) is 18.1 Å². The number of hydrogen-bond acceptors (Lipinski definition) is 10. The van der Waals surface area contributed by atoms with Crippen molar-refractivity contribution < 1.29 is 33.4 Å². The van der Waals surface area contributed by atoms with Crippen LogP contribution in [0.3, 0.4) is 0 Å². The van der Waals surface area contributed by atoms with Crippen LogP contribution in [0.2, 0.25) is 0 Å². The number of fused-ring (bicyclic) bond motifs is 6. The number of hydrogen-bond donors (Lipinski definition) is 2. The first-order valence-electron chi connectivity index (χ1n) is 25.9. The van der Waals surface area contributed by atoms with E-state index in [2.05, 4.69) is 89.3 Å². The van der Waals surface area contributed by atoms with Crippen LogP contribution in [0.1, 0.15) is 103 Å². The summed E-state index contributed by atoms with van der Waals surface area (Å²) in [6.45, 7) is 17.5. The van der Waals surface area contributed by atoms with Crippen LogP contribution in [-0.4, -0.2) is 136 Å². The standard InChI is InChI=1S/C57H72N8O7/c1-36(2)49(64-29-23-57(54(64)70)22-28-62(34-57)47(66)20-21-56(6,7)63-25-13-26-63)51(67)59-45-31-38-14-10-15-39(30-38)40-18-19-46-42(32-40)43(50(61(46)8)41-16-11-24-58-48(41)37(3)71-9)33-55(4,5)35-72-53(69)44-17-12-27-65(60-44)52(45)68/h10-11,14-16,18-19,24,30,32,36-37,44-45,49,60H,12-13,17,22-23,25-29,31,33-35H2,1-9H3,(H,59,67)/t37-,44-,45-,49-,57-/m0/s1. The van der Waals surface area contributed by atoms with E-state index in [1.807, 2.05) is 52.8 Å². The summed E-state index contributed by atoms with van der Waals surface area (Å²) >= 11 is 0. The van der Waals surface area contributed by atoms with E-state index in [1.54, 1.807) is 23.1 Å². The molecule has 382 valence electrons. The van der Waals surface area contributed by atoms with Crippen LogP contribution in [0.4, 0.5) is 0 Å². The number of amides is 4. The summed E-state index contributed by atoms with van der Waals surface area (Å²) in [5.74, 6) is 4.06. The molecule has 2 N–H and O–H groups in total. The molecule has 5 aliphatic rings. The molecule has 5 aliphatic heterocycles. The second-order valence-electron chi connectivity index (χ2n) is 22.5. The number of methoxy groups -OCH3 is 1. The summed E-state index contributed by atoms with van der Waals surface area (Å²) in [5.41, 5.74) is 9.18. The normalized spacial score (nSPS) is 23.6. The van der Waals surface area contributed by atoms with Crippen molar-refractivity contribution in [2.45, 2.75) is 123 Å². The Balaban J connectivity index is 1.03. The average molecular weight is 981 g/mol. The summed E-state index contributed by atoms with van der Waals surface area (Å²) in [7, 11) is 3.76. The second kappa shape index (κ2) is 20.1. The molecular formula is C57H72N8O7. The first-order chi connectivity index (χ1) is 34.3. The molecular weight excluding hydrogens is 909 g/mol. The maximum absolute atomic E-state index is 14.9. The lowest BCUT2D eigenvalue weighted by Gasteiger charge is -2.41. The quantitative estimate of drug-likeness (QED) is 0.153. The first-order valence-corrected chi connectivity index (χ1v) is 25.9. The van der Waals surface area contributed by atoms with Gasteiger partial charge in [0.2, 0.25) is 11.8 Å². The number of aromatic nitrogens is 2. The van der Waals surface area contributed by atoms with Gasteiger partial charge in [-0.05, 0) is 118 Å². The van der Waals surface area contributed by atoms with E-state index in [9.17, 15) is 24.0 Å². The number of pyridine rings is 1. The van der Waals surface area contributed by atoms with Gasteiger partial charge in [-0.3, -0.25) is 38.9 Å². The predicted octanol–water partition coefficient (Wildman–Crippen LogP) is 6.23. The fraction of sp³-hybridized carbons (Fsp3) is 0.544. The van der Waals surface area contributed by atoms with Crippen LogP contribution < -0.4 is 10.7 Å². The highest BCUT2D eigenvalue weighted by molar-refractivity contribution is 5.98. The van der Waals surface area contributed by atoms with Crippen molar-refractivity contribution in [3.05, 3.63) is 77.6 Å². The molecule has 2 aromatic heterocycles. The first kappa shape index (κ1) is 50.8. The molecule has 7 heterocycles. The number of aryl methyl sites for hydroxylation is 1. The number of esters is 1. The predicted molar refractivity (Wildman–Crippen MR) is 276 cm³/mol. The zero-order valence-electron chi connectivity index (χ0n) is 43.6. The Morgan fingerprint density at radius 3 is 2.46 bits per heavy atom. The van der Waals surface area contributed by atoms with Crippen LogP contribution in [-0.2, 0) is 53.3 Å². The molecule has 0 radical (unpaired) electrons. The van der Waals surface area contributed by atoms with Gasteiger partial charge in [0.15, 0.2) is 0 Å². The highest BCUT2D eigenvalue weighted by Crippen LogP contribution is 2.44. The lowest BCUT2D eigenvalue weighted by atomic mass is 9.84. The summed E-state index contributed by atoms with van der Waals surface area (Å²) in [4.78, 5) is 82.1. The zero-order valence-corrected chi connectivity index (χ0v) is 43.6. The summed E-state index contributed by atoms with van der Waals surface area (Å²) in [6.07, 6.45) is 5.42. The molecule has 1 spiro atoms. The number of ether oxygens (including phenoxy) is 2. The van der Waals surface area contributed by atoms with Gasteiger partial charge in [-0.15, -0.1) is 0 Å². The van der Waals surface area contributed by atoms with Crippen LogP contribution >= 0.6 is 0 Å². The number of nitrogens with zero attached hydrogens (tertiary/aromatic N) is 6. The number of nitrogens with one attached hydrogen (secondary N) is 2. The lowest BCUT2D eigenvalue weighted by molar-refractivity contribution is -0.155. The number of likely N-dealkylation sites (tertiary alicyclic amines) is 3. The fourth-order valence-electron chi connectivity index (χ4n) is 11.6. The van der Waals surface area contributed by atoms with E-state index in [0.29, 0.717) is 51.7 Å². The molecule has 5 atom stereocenters. The number of carbonyl (C=O) groups is 5. The van der Waals surface area contributed by atoms with Gasteiger partial charge in [-0.2, -0.15) is 0 Å². The Morgan fingerprint density at radius 1 is 0.958 bits per heavy atom. The lowest BCUT2D eigenvalue weighted by Crippen LogP contribution is -2.62. The minimum Gasteiger partial charge on any atom is -0.464 e. The molecule has 72 heavy (non-hydrogen) atoms. The Bertz CT molecular complexity index is 2840. The molecule has 0 unspecified atom stereocenters. The third kappa shape index (κ3) is 9.89. The smallest absolute Gasteiger partial charge is 0.324 e.